The monoisotopic (exact) mass is 397 g/mol. The second kappa shape index (κ2) is 9.52. The molecule has 0 aromatic carbocycles. The number of hydrogen-bond acceptors (Lipinski definition) is 11. The zero-order valence-electron chi connectivity index (χ0n) is 14.9. The topological polar surface area (TPSA) is 187 Å². The zero-order chi connectivity index (χ0) is 20.3. The van der Waals surface area contributed by atoms with E-state index in [1.807, 2.05) is 0 Å². The number of aliphatic hydroxyl groups excluding tert-OH is 6. The minimum atomic E-state index is -1.55. The lowest BCUT2D eigenvalue weighted by molar-refractivity contribution is -0.316. The van der Waals surface area contributed by atoms with Gasteiger partial charge in [-0.3, -0.25) is 4.79 Å². The second-order valence-corrected chi connectivity index (χ2v) is 6.52. The van der Waals surface area contributed by atoms with Crippen LogP contribution in [0.4, 0.5) is 0 Å². The fourth-order valence-corrected chi connectivity index (χ4v) is 3.05. The number of carbonyl (C=O) groups excluding carboxylic acids is 1. The Morgan fingerprint density at radius 3 is 2.07 bits per heavy atom. The second-order valence-electron chi connectivity index (χ2n) is 6.52. The average molecular weight is 397 g/mol. The van der Waals surface area contributed by atoms with Gasteiger partial charge in [-0.25, -0.2) is 0 Å². The molecule has 2 saturated heterocycles. The molecule has 0 bridgehead atoms. The Labute approximate surface area is 155 Å². The van der Waals surface area contributed by atoms with E-state index >= 15 is 0 Å². The van der Waals surface area contributed by atoms with E-state index in [1.54, 1.807) is 0 Å². The van der Waals surface area contributed by atoms with Crippen LogP contribution in [0.15, 0.2) is 0 Å². The van der Waals surface area contributed by atoms with Crippen molar-refractivity contribution in [3.05, 3.63) is 0 Å². The van der Waals surface area contributed by atoms with Crippen molar-refractivity contribution in [3.63, 3.8) is 0 Å². The molecule has 2 rings (SSSR count). The number of methoxy groups -OCH3 is 1. The van der Waals surface area contributed by atoms with Gasteiger partial charge in [-0.05, 0) is 0 Å². The summed E-state index contributed by atoms with van der Waals surface area (Å²) in [7, 11) is 1.25. The number of nitrogens with one attached hydrogen (secondary N) is 1. The van der Waals surface area contributed by atoms with Crippen molar-refractivity contribution in [2.24, 2.45) is 0 Å². The van der Waals surface area contributed by atoms with Crippen LogP contribution in [0.3, 0.4) is 0 Å². The first-order valence-corrected chi connectivity index (χ1v) is 8.44. The number of ether oxygens (including phenoxy) is 4. The van der Waals surface area contributed by atoms with E-state index < -0.39 is 73.9 Å². The van der Waals surface area contributed by atoms with Crippen LogP contribution < -0.4 is 5.32 Å². The Morgan fingerprint density at radius 1 is 0.926 bits per heavy atom. The SMILES string of the molecule is CO[C@H]1O[C@H](CO[C@@H]2O[C@H](CO)[C@@H](O)[C@H](O)[C@@H]2NC(C)=O)[C@@H](O)[C@H](O)[C@@H]1O. The molecule has 10 atom stereocenters. The van der Waals surface area contributed by atoms with Crippen LogP contribution >= 0.6 is 0 Å². The molecular weight excluding hydrogens is 370 g/mol. The van der Waals surface area contributed by atoms with Crippen molar-refractivity contribution in [2.45, 2.75) is 68.3 Å². The molecule has 0 aromatic rings. The third-order valence-electron chi connectivity index (χ3n) is 4.58. The van der Waals surface area contributed by atoms with Crippen molar-refractivity contribution < 1.29 is 54.4 Å². The maximum absolute atomic E-state index is 11.4. The van der Waals surface area contributed by atoms with Gasteiger partial charge in [0.1, 0.15) is 48.8 Å². The van der Waals surface area contributed by atoms with E-state index in [2.05, 4.69) is 5.32 Å². The highest BCUT2D eigenvalue weighted by atomic mass is 16.7. The van der Waals surface area contributed by atoms with Crippen LogP contribution in [0.2, 0.25) is 0 Å². The molecule has 158 valence electrons. The normalized spacial score (nSPS) is 45.5. The molecule has 2 aliphatic heterocycles. The van der Waals surface area contributed by atoms with Gasteiger partial charge in [0, 0.05) is 14.0 Å². The molecule has 0 radical (unpaired) electrons. The van der Waals surface area contributed by atoms with Gasteiger partial charge in [-0.15, -0.1) is 0 Å². The van der Waals surface area contributed by atoms with E-state index in [-0.39, 0.29) is 6.61 Å². The largest absolute Gasteiger partial charge is 0.394 e. The van der Waals surface area contributed by atoms with E-state index in [0.717, 1.165) is 0 Å². The van der Waals surface area contributed by atoms with Gasteiger partial charge in [-0.1, -0.05) is 0 Å². The smallest absolute Gasteiger partial charge is 0.217 e. The lowest BCUT2D eigenvalue weighted by atomic mass is 9.96. The lowest BCUT2D eigenvalue weighted by Crippen LogP contribution is -2.65. The van der Waals surface area contributed by atoms with Crippen LogP contribution in [-0.2, 0) is 23.7 Å². The first-order chi connectivity index (χ1) is 12.7. The Balaban J connectivity index is 2.07. The summed E-state index contributed by atoms with van der Waals surface area (Å²) >= 11 is 0. The third-order valence-corrected chi connectivity index (χ3v) is 4.58. The van der Waals surface area contributed by atoms with Gasteiger partial charge >= 0.3 is 0 Å². The highest BCUT2D eigenvalue weighted by Gasteiger charge is 2.47. The van der Waals surface area contributed by atoms with Gasteiger partial charge < -0.3 is 54.9 Å². The fraction of sp³-hybridized carbons (Fsp3) is 0.933. The number of hydrogen-bond donors (Lipinski definition) is 7. The quantitative estimate of drug-likeness (QED) is 0.228. The van der Waals surface area contributed by atoms with E-state index in [1.165, 1.54) is 14.0 Å². The fourth-order valence-electron chi connectivity index (χ4n) is 3.05. The van der Waals surface area contributed by atoms with Gasteiger partial charge in [0.15, 0.2) is 12.6 Å². The molecule has 12 nitrogen and oxygen atoms in total. The summed E-state index contributed by atoms with van der Waals surface area (Å²) in [6.07, 6.45) is -12.2. The van der Waals surface area contributed by atoms with Crippen LogP contribution in [0.1, 0.15) is 6.92 Å². The first-order valence-electron chi connectivity index (χ1n) is 8.44. The van der Waals surface area contributed by atoms with Crippen LogP contribution in [-0.4, -0.2) is 118 Å². The number of aliphatic hydroxyl groups is 6. The molecule has 7 N–H and O–H groups in total. The van der Waals surface area contributed by atoms with Gasteiger partial charge in [-0.2, -0.15) is 0 Å². The first kappa shape index (κ1) is 22.4. The highest BCUT2D eigenvalue weighted by molar-refractivity contribution is 5.73. The molecule has 2 heterocycles. The van der Waals surface area contributed by atoms with E-state index in [4.69, 9.17) is 18.9 Å². The summed E-state index contributed by atoms with van der Waals surface area (Å²) in [5, 5.41) is 61.5. The van der Waals surface area contributed by atoms with Crippen molar-refractivity contribution in [1.29, 1.82) is 0 Å². The zero-order valence-corrected chi connectivity index (χ0v) is 14.9. The molecule has 2 aliphatic rings. The van der Waals surface area contributed by atoms with Crippen LogP contribution in [0, 0.1) is 0 Å². The Hall–Kier alpha value is -0.930. The third kappa shape index (κ3) is 4.92. The summed E-state index contributed by atoms with van der Waals surface area (Å²) in [6.45, 7) is 0.222. The summed E-state index contributed by atoms with van der Waals surface area (Å²) in [5.41, 5.74) is 0. The molecule has 0 aliphatic carbocycles. The van der Waals surface area contributed by atoms with E-state index in [0.29, 0.717) is 0 Å². The molecule has 12 heteroatoms. The molecule has 0 unspecified atom stereocenters. The molecule has 0 aromatic heterocycles. The molecule has 27 heavy (non-hydrogen) atoms. The van der Waals surface area contributed by atoms with Crippen molar-refractivity contribution in [1.82, 2.24) is 5.32 Å². The minimum absolute atomic E-state index is 0.369. The van der Waals surface area contributed by atoms with E-state index in [9.17, 15) is 35.4 Å². The Morgan fingerprint density at radius 2 is 1.52 bits per heavy atom. The van der Waals surface area contributed by atoms with Gasteiger partial charge in [0.2, 0.25) is 5.91 Å². The predicted octanol–water partition coefficient (Wildman–Crippen LogP) is -4.60. The minimum Gasteiger partial charge on any atom is -0.394 e. The average Bonchev–Trinajstić information content (AvgIpc) is 2.64. The van der Waals surface area contributed by atoms with Gasteiger partial charge in [0.05, 0.1) is 13.2 Å². The number of rotatable bonds is 6. The van der Waals surface area contributed by atoms with Crippen molar-refractivity contribution in [2.75, 3.05) is 20.3 Å². The highest BCUT2D eigenvalue weighted by Crippen LogP contribution is 2.25. The summed E-state index contributed by atoms with van der Waals surface area (Å²) in [6, 6.07) is -1.16. The molecule has 0 saturated carbocycles. The number of amides is 1. The summed E-state index contributed by atoms with van der Waals surface area (Å²) in [4.78, 5) is 11.4. The molecule has 1 amide bonds. The maximum Gasteiger partial charge on any atom is 0.217 e. The van der Waals surface area contributed by atoms with Gasteiger partial charge in [0.25, 0.3) is 0 Å². The lowest BCUT2D eigenvalue weighted by Gasteiger charge is -2.44. The summed E-state index contributed by atoms with van der Waals surface area (Å²) < 4.78 is 21.1. The standard InChI is InChI=1S/C15H27NO11/c1-5(18)16-8-11(21)9(19)6(3-17)26-14(8)25-4-7-10(20)12(22)13(23)15(24-2)27-7/h6-15,17,19-23H,3-4H2,1-2H3,(H,16,18)/t6-,7-,8+,9-,10-,11-,12+,13+,14-,15+/m1/s1. The molecule has 2 fully saturated rings. The summed E-state index contributed by atoms with van der Waals surface area (Å²) in [5.74, 6) is -0.516. The Kier molecular flexibility index (Phi) is 7.88. The van der Waals surface area contributed by atoms with Crippen molar-refractivity contribution >= 4 is 5.91 Å². The van der Waals surface area contributed by atoms with Crippen molar-refractivity contribution in [3.8, 4) is 0 Å². The molecular formula is C15H27NO11. The van der Waals surface area contributed by atoms with Crippen LogP contribution in [0.5, 0.6) is 0 Å². The maximum atomic E-state index is 11.4. The number of carbonyl (C=O) groups is 1. The Bertz CT molecular complexity index is 492. The van der Waals surface area contributed by atoms with Crippen LogP contribution in [0.25, 0.3) is 0 Å². The predicted molar refractivity (Wildman–Crippen MR) is 85.0 cm³/mol. The molecule has 0 spiro atoms.